The molecule has 0 aromatic carbocycles. The Balaban J connectivity index is 1.38. The Morgan fingerprint density at radius 3 is 2.80 bits per heavy atom. The number of carbonyl (C=O) groups excluding carboxylic acids is 2. The van der Waals surface area contributed by atoms with Crippen LogP contribution < -0.4 is 5.32 Å². The van der Waals surface area contributed by atoms with Crippen LogP contribution in [0.1, 0.15) is 56.7 Å². The summed E-state index contributed by atoms with van der Waals surface area (Å²) < 4.78 is 4.79. The van der Waals surface area contributed by atoms with E-state index in [9.17, 15) is 19.8 Å². The number of hydrogen-bond acceptors (Lipinski definition) is 7. The molecule has 0 bridgehead atoms. The molecule has 2 aliphatic rings. The van der Waals surface area contributed by atoms with E-state index in [1.165, 1.54) is 5.56 Å². The average Bonchev–Trinajstić information content (AvgIpc) is 2.76. The molecule has 1 aromatic heterocycles. The number of rotatable bonds is 8. The van der Waals surface area contributed by atoms with Gasteiger partial charge in [0.05, 0.1) is 6.61 Å². The van der Waals surface area contributed by atoms with Gasteiger partial charge in [0.25, 0.3) is 0 Å². The molecule has 1 amide bonds. The summed E-state index contributed by atoms with van der Waals surface area (Å²) in [7, 11) is 0. The number of fused-ring (bicyclic) bond motifs is 1. The fraction of sp³-hybridized carbons (Fsp3) is 0.682. The van der Waals surface area contributed by atoms with Crippen molar-refractivity contribution < 1.29 is 24.5 Å². The molecular formula is C22H33N3O5. The average molecular weight is 420 g/mol. The maximum Gasteiger partial charge on any atom is 0.338 e. The molecule has 3 N–H and O–H groups in total. The Labute approximate surface area is 177 Å². The van der Waals surface area contributed by atoms with Crippen molar-refractivity contribution in [3.8, 4) is 0 Å². The van der Waals surface area contributed by atoms with Gasteiger partial charge in [-0.1, -0.05) is 6.07 Å². The molecule has 1 atom stereocenters. The molecule has 3 heterocycles. The van der Waals surface area contributed by atoms with Gasteiger partial charge in [-0.2, -0.15) is 0 Å². The number of esters is 1. The summed E-state index contributed by atoms with van der Waals surface area (Å²) in [5.41, 5.74) is 0.791. The van der Waals surface area contributed by atoms with E-state index in [0.29, 0.717) is 19.5 Å². The van der Waals surface area contributed by atoms with Crippen LogP contribution in [-0.2, 0) is 27.2 Å². The summed E-state index contributed by atoms with van der Waals surface area (Å²) in [6.45, 7) is 3.41. The fourth-order valence-corrected chi connectivity index (χ4v) is 4.11. The zero-order valence-electron chi connectivity index (χ0n) is 17.7. The first-order valence-electron chi connectivity index (χ1n) is 11.0. The van der Waals surface area contributed by atoms with Gasteiger partial charge in [-0.3, -0.25) is 4.79 Å². The molecule has 0 spiro atoms. The van der Waals surface area contributed by atoms with Gasteiger partial charge in [-0.25, -0.2) is 9.78 Å². The number of ether oxygens (including phenoxy) is 1. The first-order chi connectivity index (χ1) is 14.4. The highest BCUT2D eigenvalue weighted by Gasteiger charge is 2.44. The molecule has 30 heavy (non-hydrogen) atoms. The SMILES string of the molecule is CCOC(=O)C(O)C1(O)CCN(C(=O)CCCCc2ccc3c(n2)NCCC3)CC1. The van der Waals surface area contributed by atoms with E-state index in [0.717, 1.165) is 50.2 Å². The van der Waals surface area contributed by atoms with Gasteiger partial charge in [0.2, 0.25) is 5.91 Å². The first-order valence-corrected chi connectivity index (χ1v) is 11.0. The number of piperidine rings is 1. The van der Waals surface area contributed by atoms with Crippen LogP contribution in [0.15, 0.2) is 12.1 Å². The highest BCUT2D eigenvalue weighted by molar-refractivity contribution is 5.77. The molecule has 8 heteroatoms. The number of aliphatic hydroxyl groups is 2. The molecular weight excluding hydrogens is 386 g/mol. The Morgan fingerprint density at radius 2 is 2.07 bits per heavy atom. The van der Waals surface area contributed by atoms with E-state index in [1.807, 2.05) is 0 Å². The van der Waals surface area contributed by atoms with Crippen molar-refractivity contribution in [2.24, 2.45) is 0 Å². The summed E-state index contributed by atoms with van der Waals surface area (Å²) in [5, 5.41) is 24.0. The summed E-state index contributed by atoms with van der Waals surface area (Å²) >= 11 is 0. The first kappa shape index (κ1) is 22.5. The summed E-state index contributed by atoms with van der Waals surface area (Å²) in [6.07, 6.45) is 3.91. The standard InChI is InChI=1S/C22H33N3O5/c1-2-30-21(28)19(27)22(29)11-14-25(15-12-22)18(26)8-4-3-7-17-10-9-16-6-5-13-23-20(16)24-17/h9-10,19,27,29H,2-8,11-15H2,1H3,(H,23,24). The Hall–Kier alpha value is -2.19. The van der Waals surface area contributed by atoms with Crippen LogP contribution in [0.3, 0.4) is 0 Å². The molecule has 0 saturated carbocycles. The molecule has 1 fully saturated rings. The topological polar surface area (TPSA) is 112 Å². The lowest BCUT2D eigenvalue weighted by molar-refractivity contribution is -0.175. The van der Waals surface area contributed by atoms with E-state index in [4.69, 9.17) is 4.74 Å². The van der Waals surface area contributed by atoms with Gasteiger partial charge in [-0.05, 0) is 63.5 Å². The van der Waals surface area contributed by atoms with Crippen LogP contribution in [0, 0.1) is 0 Å². The zero-order valence-corrected chi connectivity index (χ0v) is 17.7. The lowest BCUT2D eigenvalue weighted by atomic mass is 9.85. The van der Waals surface area contributed by atoms with Crippen LogP contribution >= 0.6 is 0 Å². The van der Waals surface area contributed by atoms with E-state index < -0.39 is 17.7 Å². The number of aliphatic hydroxyl groups excluding tert-OH is 1. The van der Waals surface area contributed by atoms with Gasteiger partial charge < -0.3 is 25.2 Å². The number of nitrogens with zero attached hydrogens (tertiary/aromatic N) is 2. The molecule has 0 radical (unpaired) electrons. The predicted molar refractivity (Wildman–Crippen MR) is 112 cm³/mol. The van der Waals surface area contributed by atoms with E-state index in [-0.39, 0.29) is 25.4 Å². The third kappa shape index (κ3) is 5.49. The van der Waals surface area contributed by atoms with E-state index in [1.54, 1.807) is 11.8 Å². The highest BCUT2D eigenvalue weighted by Crippen LogP contribution is 2.27. The maximum atomic E-state index is 12.5. The minimum atomic E-state index is -1.58. The highest BCUT2D eigenvalue weighted by atomic mass is 16.5. The molecule has 1 unspecified atom stereocenters. The minimum Gasteiger partial charge on any atom is -0.464 e. The minimum absolute atomic E-state index is 0.0442. The van der Waals surface area contributed by atoms with E-state index in [2.05, 4.69) is 22.4 Å². The second-order valence-electron chi connectivity index (χ2n) is 8.19. The summed E-state index contributed by atoms with van der Waals surface area (Å²) in [6, 6.07) is 4.22. The van der Waals surface area contributed by atoms with Gasteiger partial charge in [0, 0.05) is 31.7 Å². The van der Waals surface area contributed by atoms with Crippen molar-refractivity contribution in [3.63, 3.8) is 0 Å². The quantitative estimate of drug-likeness (QED) is 0.432. The van der Waals surface area contributed by atoms with Crippen LogP contribution in [0.2, 0.25) is 0 Å². The van der Waals surface area contributed by atoms with Crippen molar-refractivity contribution in [1.29, 1.82) is 0 Å². The van der Waals surface area contributed by atoms with Crippen molar-refractivity contribution in [1.82, 2.24) is 9.88 Å². The van der Waals surface area contributed by atoms with Gasteiger partial charge >= 0.3 is 5.97 Å². The second-order valence-corrected chi connectivity index (χ2v) is 8.19. The van der Waals surface area contributed by atoms with Gasteiger partial charge in [0.15, 0.2) is 6.10 Å². The number of likely N-dealkylation sites (tertiary alicyclic amines) is 1. The predicted octanol–water partition coefficient (Wildman–Crippen LogP) is 1.43. The summed E-state index contributed by atoms with van der Waals surface area (Å²) in [4.78, 5) is 30.6. The Bertz CT molecular complexity index is 746. The van der Waals surface area contributed by atoms with Crippen molar-refractivity contribution in [2.45, 2.75) is 70.0 Å². The van der Waals surface area contributed by atoms with Crippen LogP contribution in [0.4, 0.5) is 5.82 Å². The number of nitrogens with one attached hydrogen (secondary N) is 1. The van der Waals surface area contributed by atoms with Crippen LogP contribution in [0.25, 0.3) is 0 Å². The lowest BCUT2D eigenvalue weighted by Crippen LogP contribution is -2.55. The van der Waals surface area contributed by atoms with Crippen molar-refractivity contribution in [2.75, 3.05) is 31.6 Å². The van der Waals surface area contributed by atoms with Crippen molar-refractivity contribution >= 4 is 17.7 Å². The molecule has 0 aliphatic carbocycles. The normalized spacial score (nSPS) is 18.8. The van der Waals surface area contributed by atoms with E-state index >= 15 is 0 Å². The van der Waals surface area contributed by atoms with Gasteiger partial charge in [-0.15, -0.1) is 0 Å². The summed E-state index contributed by atoms with van der Waals surface area (Å²) in [5.74, 6) is 0.231. The second kappa shape index (κ2) is 10.2. The molecule has 1 saturated heterocycles. The number of hydrogen-bond donors (Lipinski definition) is 3. The number of amides is 1. The van der Waals surface area contributed by atoms with Gasteiger partial charge in [0.1, 0.15) is 11.4 Å². The third-order valence-electron chi connectivity index (χ3n) is 6.03. The number of carbonyl (C=O) groups is 2. The van der Waals surface area contributed by atoms with Crippen LogP contribution in [-0.4, -0.2) is 69.9 Å². The number of anilines is 1. The lowest BCUT2D eigenvalue weighted by Gasteiger charge is -2.39. The number of unbranched alkanes of at least 4 members (excludes halogenated alkanes) is 1. The molecule has 1 aromatic rings. The maximum absolute atomic E-state index is 12.5. The molecule has 166 valence electrons. The zero-order chi connectivity index (χ0) is 21.6. The van der Waals surface area contributed by atoms with Crippen molar-refractivity contribution in [3.05, 3.63) is 23.4 Å². The third-order valence-corrected chi connectivity index (χ3v) is 6.03. The Kier molecular flexibility index (Phi) is 7.66. The number of aryl methyl sites for hydroxylation is 2. The smallest absolute Gasteiger partial charge is 0.338 e. The number of pyridine rings is 1. The monoisotopic (exact) mass is 419 g/mol. The largest absolute Gasteiger partial charge is 0.464 e. The molecule has 3 rings (SSSR count). The Morgan fingerprint density at radius 1 is 1.30 bits per heavy atom. The molecule has 8 nitrogen and oxygen atoms in total. The van der Waals surface area contributed by atoms with Crippen LogP contribution in [0.5, 0.6) is 0 Å². The number of aromatic nitrogens is 1. The molecule has 2 aliphatic heterocycles. The fourth-order valence-electron chi connectivity index (χ4n) is 4.11.